The third kappa shape index (κ3) is 5.76. The quantitative estimate of drug-likeness (QED) is 0.391. The standard InChI is InChI=1S/C23H28ClN3OS2/c1-15(2)29-18-8-6-17(7-9-18)14-21(28)27(13-12-26(4)5)23-25-22-16(3)19(24)10-11-20(22)30-23/h6-11,15H,12-14H2,1-5H3. The monoisotopic (exact) mass is 461 g/mol. The Morgan fingerprint density at radius 1 is 1.13 bits per heavy atom. The molecule has 0 aliphatic heterocycles. The minimum Gasteiger partial charge on any atom is -0.308 e. The number of fused-ring (bicyclic) bond motifs is 1. The van der Waals surface area contributed by atoms with Crippen LogP contribution in [0.5, 0.6) is 0 Å². The van der Waals surface area contributed by atoms with Crippen LogP contribution in [0.25, 0.3) is 10.2 Å². The summed E-state index contributed by atoms with van der Waals surface area (Å²) in [5.74, 6) is 0.0592. The largest absolute Gasteiger partial charge is 0.308 e. The molecule has 3 aromatic rings. The average molecular weight is 462 g/mol. The zero-order chi connectivity index (χ0) is 21.8. The molecule has 3 rings (SSSR count). The number of halogens is 1. The van der Waals surface area contributed by atoms with E-state index >= 15 is 0 Å². The summed E-state index contributed by atoms with van der Waals surface area (Å²) in [4.78, 5) is 23.2. The third-order valence-electron chi connectivity index (χ3n) is 4.69. The van der Waals surface area contributed by atoms with E-state index in [2.05, 4.69) is 43.0 Å². The SMILES string of the molecule is Cc1c(Cl)ccc2sc(N(CCN(C)C)C(=O)Cc3ccc(SC(C)C)cc3)nc12. The van der Waals surface area contributed by atoms with E-state index in [0.29, 0.717) is 23.2 Å². The highest BCUT2D eigenvalue weighted by atomic mass is 35.5. The van der Waals surface area contributed by atoms with Crippen LogP contribution in [0.3, 0.4) is 0 Å². The third-order valence-corrected chi connectivity index (χ3v) is 7.16. The molecule has 0 atom stereocenters. The number of thiazole rings is 1. The fraction of sp³-hybridized carbons (Fsp3) is 0.391. The smallest absolute Gasteiger partial charge is 0.233 e. The number of amides is 1. The van der Waals surface area contributed by atoms with Gasteiger partial charge in [-0.3, -0.25) is 9.69 Å². The zero-order valence-corrected chi connectivity index (χ0v) is 20.5. The van der Waals surface area contributed by atoms with Crippen molar-refractivity contribution in [3.8, 4) is 0 Å². The van der Waals surface area contributed by atoms with Crippen molar-refractivity contribution in [1.29, 1.82) is 0 Å². The van der Waals surface area contributed by atoms with Crippen molar-refractivity contribution in [2.24, 2.45) is 0 Å². The highest BCUT2D eigenvalue weighted by Crippen LogP contribution is 2.34. The predicted molar refractivity (Wildman–Crippen MR) is 131 cm³/mol. The molecule has 1 heterocycles. The van der Waals surface area contributed by atoms with E-state index in [4.69, 9.17) is 16.6 Å². The number of anilines is 1. The van der Waals surface area contributed by atoms with Crippen molar-refractivity contribution in [2.45, 2.75) is 37.3 Å². The van der Waals surface area contributed by atoms with Gasteiger partial charge in [0.25, 0.3) is 0 Å². The Labute approximate surface area is 192 Å². The second kappa shape index (κ2) is 10.1. The van der Waals surface area contributed by atoms with Crippen molar-refractivity contribution in [2.75, 3.05) is 32.1 Å². The summed E-state index contributed by atoms with van der Waals surface area (Å²) in [5.41, 5.74) is 2.85. The lowest BCUT2D eigenvalue weighted by Gasteiger charge is -2.22. The molecule has 4 nitrogen and oxygen atoms in total. The molecule has 30 heavy (non-hydrogen) atoms. The van der Waals surface area contributed by atoms with Gasteiger partial charge in [-0.15, -0.1) is 11.8 Å². The summed E-state index contributed by atoms with van der Waals surface area (Å²) >= 11 is 9.64. The summed E-state index contributed by atoms with van der Waals surface area (Å²) < 4.78 is 1.05. The van der Waals surface area contributed by atoms with Gasteiger partial charge in [0.1, 0.15) is 0 Å². The first-order valence-corrected chi connectivity index (χ1v) is 12.1. The number of likely N-dealkylation sites (N-methyl/N-ethyl adjacent to an activating group) is 1. The van der Waals surface area contributed by atoms with E-state index < -0.39 is 0 Å². The number of aromatic nitrogens is 1. The van der Waals surface area contributed by atoms with Gasteiger partial charge in [0.15, 0.2) is 5.13 Å². The van der Waals surface area contributed by atoms with E-state index in [1.165, 1.54) is 4.90 Å². The Bertz CT molecular complexity index is 1020. The number of nitrogens with zero attached hydrogens (tertiary/aromatic N) is 3. The van der Waals surface area contributed by atoms with Crippen LogP contribution < -0.4 is 4.90 Å². The molecular weight excluding hydrogens is 434 g/mol. The Morgan fingerprint density at radius 2 is 1.83 bits per heavy atom. The molecular formula is C23H28ClN3OS2. The molecule has 2 aromatic carbocycles. The van der Waals surface area contributed by atoms with E-state index in [0.717, 1.165) is 33.0 Å². The number of benzene rings is 2. The summed E-state index contributed by atoms with van der Waals surface area (Å²) in [6.07, 6.45) is 0.357. The maximum absolute atomic E-state index is 13.3. The molecule has 0 spiro atoms. The van der Waals surface area contributed by atoms with Crippen molar-refractivity contribution >= 4 is 56.0 Å². The van der Waals surface area contributed by atoms with Gasteiger partial charge in [-0.2, -0.15) is 0 Å². The zero-order valence-electron chi connectivity index (χ0n) is 18.1. The lowest BCUT2D eigenvalue weighted by atomic mass is 10.1. The van der Waals surface area contributed by atoms with Crippen LogP contribution in [0.1, 0.15) is 25.0 Å². The van der Waals surface area contributed by atoms with E-state index in [9.17, 15) is 4.79 Å². The second-order valence-corrected chi connectivity index (χ2v) is 10.9. The molecule has 160 valence electrons. The van der Waals surface area contributed by atoms with Gasteiger partial charge in [-0.25, -0.2) is 4.98 Å². The van der Waals surface area contributed by atoms with Crippen LogP contribution in [0.2, 0.25) is 5.02 Å². The van der Waals surface area contributed by atoms with E-state index in [1.807, 2.05) is 49.8 Å². The number of thioether (sulfide) groups is 1. The highest BCUT2D eigenvalue weighted by molar-refractivity contribution is 7.99. The first-order chi connectivity index (χ1) is 14.2. The summed E-state index contributed by atoms with van der Waals surface area (Å²) in [6, 6.07) is 12.2. The summed E-state index contributed by atoms with van der Waals surface area (Å²) in [6.45, 7) is 7.69. The van der Waals surface area contributed by atoms with Crippen molar-refractivity contribution in [1.82, 2.24) is 9.88 Å². The van der Waals surface area contributed by atoms with Crippen LogP contribution >= 0.6 is 34.7 Å². The van der Waals surface area contributed by atoms with E-state index in [-0.39, 0.29) is 5.91 Å². The summed E-state index contributed by atoms with van der Waals surface area (Å²) in [5, 5.41) is 1.97. The van der Waals surface area contributed by atoms with Crippen LogP contribution in [0.4, 0.5) is 5.13 Å². The van der Waals surface area contributed by atoms with Crippen molar-refractivity contribution in [3.05, 3.63) is 52.5 Å². The Hall–Kier alpha value is -1.60. The first-order valence-electron chi connectivity index (χ1n) is 10.0. The fourth-order valence-corrected chi connectivity index (χ4v) is 5.12. The molecule has 0 bridgehead atoms. The Morgan fingerprint density at radius 3 is 2.47 bits per heavy atom. The molecule has 0 saturated heterocycles. The van der Waals surface area contributed by atoms with Crippen LogP contribution in [0, 0.1) is 6.92 Å². The number of hydrogen-bond acceptors (Lipinski definition) is 5. The van der Waals surface area contributed by atoms with Crippen LogP contribution in [-0.2, 0) is 11.2 Å². The lowest BCUT2D eigenvalue weighted by Crippen LogP contribution is -2.37. The second-order valence-electron chi connectivity index (χ2n) is 7.85. The van der Waals surface area contributed by atoms with Gasteiger partial charge in [0, 0.05) is 28.3 Å². The number of carbonyl (C=O) groups excluding carboxylic acids is 1. The van der Waals surface area contributed by atoms with Gasteiger partial charge in [-0.05, 0) is 56.4 Å². The summed E-state index contributed by atoms with van der Waals surface area (Å²) in [7, 11) is 4.02. The molecule has 0 saturated carbocycles. The van der Waals surface area contributed by atoms with Crippen LogP contribution in [0.15, 0.2) is 41.3 Å². The van der Waals surface area contributed by atoms with Gasteiger partial charge in [0.2, 0.25) is 5.91 Å². The topological polar surface area (TPSA) is 36.4 Å². The Balaban J connectivity index is 1.84. The molecule has 0 radical (unpaired) electrons. The number of rotatable bonds is 8. The van der Waals surface area contributed by atoms with Crippen LogP contribution in [-0.4, -0.2) is 48.2 Å². The molecule has 0 unspecified atom stereocenters. The molecule has 0 N–H and O–H groups in total. The van der Waals surface area contributed by atoms with E-state index in [1.54, 1.807) is 11.3 Å². The molecule has 0 aliphatic rings. The molecule has 0 fully saturated rings. The lowest BCUT2D eigenvalue weighted by molar-refractivity contribution is -0.118. The van der Waals surface area contributed by atoms with Crippen molar-refractivity contribution < 1.29 is 4.79 Å². The van der Waals surface area contributed by atoms with Gasteiger partial charge in [-0.1, -0.05) is 48.9 Å². The van der Waals surface area contributed by atoms with Gasteiger partial charge >= 0.3 is 0 Å². The predicted octanol–water partition coefficient (Wildman–Crippen LogP) is 5.90. The normalized spacial score (nSPS) is 11.6. The van der Waals surface area contributed by atoms with Gasteiger partial charge in [0.05, 0.1) is 16.6 Å². The number of aryl methyl sites for hydroxylation is 1. The van der Waals surface area contributed by atoms with Crippen molar-refractivity contribution in [3.63, 3.8) is 0 Å². The fourth-order valence-electron chi connectivity index (χ4n) is 3.06. The van der Waals surface area contributed by atoms with Gasteiger partial charge < -0.3 is 4.90 Å². The maximum Gasteiger partial charge on any atom is 0.233 e. The first kappa shape index (κ1) is 23.1. The Kier molecular flexibility index (Phi) is 7.80. The molecule has 0 aliphatic carbocycles. The maximum atomic E-state index is 13.3. The molecule has 1 aromatic heterocycles. The molecule has 1 amide bonds. The minimum absolute atomic E-state index is 0.0592. The highest BCUT2D eigenvalue weighted by Gasteiger charge is 2.21. The molecule has 7 heteroatoms. The average Bonchev–Trinajstić information content (AvgIpc) is 3.10. The number of carbonyl (C=O) groups is 1. The number of hydrogen-bond donors (Lipinski definition) is 0. The minimum atomic E-state index is 0.0592.